The molecule has 2 aromatic heterocycles. The summed E-state index contributed by atoms with van der Waals surface area (Å²) in [4.78, 5) is 15.9. The topological polar surface area (TPSA) is 68.3 Å². The normalized spacial score (nSPS) is 11.9. The van der Waals surface area contributed by atoms with Crippen molar-refractivity contribution in [2.24, 2.45) is 0 Å². The lowest BCUT2D eigenvalue weighted by atomic mass is 10.2. The highest BCUT2D eigenvalue weighted by Gasteiger charge is 2.16. The molecule has 0 saturated carbocycles. The third-order valence-corrected chi connectivity index (χ3v) is 4.10. The van der Waals surface area contributed by atoms with Crippen LogP contribution in [0.15, 0.2) is 71.4 Å². The summed E-state index contributed by atoms with van der Waals surface area (Å²) in [6.45, 7) is 1.89. The highest BCUT2D eigenvalue weighted by molar-refractivity contribution is 5.72. The number of aryl methyl sites for hydroxylation is 1. The van der Waals surface area contributed by atoms with E-state index in [1.54, 1.807) is 35.2 Å². The first-order valence-electron chi connectivity index (χ1n) is 8.65. The molecule has 1 N–H and O–H groups in total. The van der Waals surface area contributed by atoms with Gasteiger partial charge in [0.05, 0.1) is 5.69 Å². The van der Waals surface area contributed by atoms with Crippen molar-refractivity contribution in [2.45, 2.75) is 25.8 Å². The minimum absolute atomic E-state index is 0.246. The van der Waals surface area contributed by atoms with Gasteiger partial charge in [0.25, 0.3) is 0 Å². The Morgan fingerprint density at radius 3 is 2.70 bits per heavy atom. The highest BCUT2D eigenvalue weighted by Crippen LogP contribution is 2.21. The van der Waals surface area contributed by atoms with Crippen LogP contribution in [0.4, 0.5) is 0 Å². The second-order valence-electron chi connectivity index (χ2n) is 6.00. The summed E-state index contributed by atoms with van der Waals surface area (Å²) in [7, 11) is 0. The van der Waals surface area contributed by atoms with Gasteiger partial charge >= 0.3 is 5.97 Å². The smallest absolute Gasteiger partial charge is 0.327 e. The summed E-state index contributed by atoms with van der Waals surface area (Å²) in [5.74, 6) is 6.30. The molecule has 5 nitrogen and oxygen atoms in total. The van der Waals surface area contributed by atoms with E-state index in [1.165, 1.54) is 0 Å². The van der Waals surface area contributed by atoms with Crippen molar-refractivity contribution in [3.63, 3.8) is 0 Å². The van der Waals surface area contributed by atoms with Gasteiger partial charge in [-0.3, -0.25) is 0 Å². The number of carbonyl (C=O) groups is 1. The molecule has 0 fully saturated rings. The van der Waals surface area contributed by atoms with Crippen LogP contribution in [0.5, 0.6) is 0 Å². The van der Waals surface area contributed by atoms with E-state index in [0.29, 0.717) is 12.3 Å². The lowest BCUT2D eigenvalue weighted by Gasteiger charge is -2.10. The number of carboxylic acids is 1. The zero-order chi connectivity index (χ0) is 19.1. The Balaban J connectivity index is 1.58. The zero-order valence-corrected chi connectivity index (χ0v) is 15.0. The fourth-order valence-electron chi connectivity index (χ4n) is 2.64. The summed E-state index contributed by atoms with van der Waals surface area (Å²) in [6.07, 6.45) is 7.94. The standard InChI is InChI=1S/C22H20N2O3/c1-17-19(23-21(27-17)18-11-5-4-6-12-18)13-7-2-3-8-14-20(22(25)26)24-15-9-10-16-24/h2,4-7,9-12,15-16,20H,13-14H2,1H3,(H,25,26)/b7-2+/t20-/m0/s1. The maximum Gasteiger partial charge on any atom is 0.327 e. The maximum atomic E-state index is 11.3. The van der Waals surface area contributed by atoms with Gasteiger partial charge in [-0.15, -0.1) is 0 Å². The van der Waals surface area contributed by atoms with E-state index in [9.17, 15) is 9.90 Å². The summed E-state index contributed by atoms with van der Waals surface area (Å²) in [5, 5.41) is 9.30. The van der Waals surface area contributed by atoms with Crippen molar-refractivity contribution >= 4 is 5.97 Å². The Hall–Kier alpha value is -3.52. The minimum atomic E-state index is -0.892. The molecule has 0 bridgehead atoms. The van der Waals surface area contributed by atoms with Gasteiger partial charge in [0.2, 0.25) is 5.89 Å². The van der Waals surface area contributed by atoms with Crippen molar-refractivity contribution in [3.8, 4) is 23.3 Å². The van der Waals surface area contributed by atoms with E-state index >= 15 is 0 Å². The van der Waals surface area contributed by atoms with E-state index < -0.39 is 12.0 Å². The Kier molecular flexibility index (Phi) is 5.91. The van der Waals surface area contributed by atoms with Crippen LogP contribution in [0.1, 0.15) is 23.9 Å². The quantitative estimate of drug-likeness (QED) is 0.667. The summed E-state index contributed by atoms with van der Waals surface area (Å²) < 4.78 is 7.37. The van der Waals surface area contributed by atoms with Gasteiger partial charge in [-0.1, -0.05) is 36.1 Å². The molecule has 0 spiro atoms. The third kappa shape index (κ3) is 4.77. The van der Waals surface area contributed by atoms with E-state index in [2.05, 4.69) is 16.8 Å². The molecule has 2 heterocycles. The molecule has 1 atom stereocenters. The van der Waals surface area contributed by atoms with Crippen LogP contribution < -0.4 is 0 Å². The van der Waals surface area contributed by atoms with Crippen LogP contribution in [0.25, 0.3) is 11.5 Å². The fourth-order valence-corrected chi connectivity index (χ4v) is 2.64. The van der Waals surface area contributed by atoms with Crippen LogP contribution in [-0.2, 0) is 11.2 Å². The monoisotopic (exact) mass is 360 g/mol. The van der Waals surface area contributed by atoms with Gasteiger partial charge < -0.3 is 14.1 Å². The van der Waals surface area contributed by atoms with Crippen molar-refractivity contribution in [2.75, 3.05) is 0 Å². The van der Waals surface area contributed by atoms with Crippen molar-refractivity contribution in [3.05, 3.63) is 78.5 Å². The molecule has 5 heteroatoms. The molecule has 0 radical (unpaired) electrons. The number of hydrogen-bond donors (Lipinski definition) is 1. The minimum Gasteiger partial charge on any atom is -0.480 e. The molecule has 0 aliphatic heterocycles. The molecule has 1 aromatic carbocycles. The number of benzene rings is 1. The molecule has 0 aliphatic rings. The van der Waals surface area contributed by atoms with Crippen LogP contribution in [-0.4, -0.2) is 20.6 Å². The van der Waals surface area contributed by atoms with E-state index in [-0.39, 0.29) is 6.42 Å². The molecule has 0 saturated heterocycles. The molecular weight excluding hydrogens is 340 g/mol. The SMILES string of the molecule is Cc1oc(-c2ccccc2)nc1C/C=C/C#CC[C@@H](C(=O)O)n1cccc1. The molecule has 0 aliphatic carbocycles. The van der Waals surface area contributed by atoms with Crippen LogP contribution in [0.2, 0.25) is 0 Å². The summed E-state index contributed by atoms with van der Waals surface area (Å²) >= 11 is 0. The lowest BCUT2D eigenvalue weighted by Crippen LogP contribution is -2.16. The van der Waals surface area contributed by atoms with Gasteiger partial charge in [0.15, 0.2) is 0 Å². The fraction of sp³-hybridized carbons (Fsp3) is 0.182. The Bertz CT molecular complexity index is 974. The average Bonchev–Trinajstić information content (AvgIpc) is 3.32. The molecule has 0 unspecified atom stereocenters. The third-order valence-electron chi connectivity index (χ3n) is 4.10. The second kappa shape index (κ2) is 8.72. The highest BCUT2D eigenvalue weighted by atomic mass is 16.4. The first-order valence-corrected chi connectivity index (χ1v) is 8.65. The maximum absolute atomic E-state index is 11.3. The molecule has 27 heavy (non-hydrogen) atoms. The molecule has 0 amide bonds. The average molecular weight is 360 g/mol. The van der Waals surface area contributed by atoms with Gasteiger partial charge in [-0.2, -0.15) is 0 Å². The number of carboxylic acid groups (broad SMARTS) is 1. The van der Waals surface area contributed by atoms with E-state index in [1.807, 2.05) is 43.3 Å². The number of allylic oxidation sites excluding steroid dienone is 2. The number of aliphatic carboxylic acids is 1. The Morgan fingerprint density at radius 1 is 1.26 bits per heavy atom. The van der Waals surface area contributed by atoms with Crippen molar-refractivity contribution in [1.82, 2.24) is 9.55 Å². The Labute approximate surface area is 158 Å². The van der Waals surface area contributed by atoms with Gasteiger partial charge in [-0.25, -0.2) is 9.78 Å². The molecule has 3 rings (SSSR count). The predicted molar refractivity (Wildman–Crippen MR) is 103 cm³/mol. The first kappa shape index (κ1) is 18.3. The van der Waals surface area contributed by atoms with Crippen LogP contribution in [0, 0.1) is 18.8 Å². The lowest BCUT2D eigenvalue weighted by molar-refractivity contribution is -0.140. The number of aromatic nitrogens is 2. The van der Waals surface area contributed by atoms with Gasteiger partial charge in [0.1, 0.15) is 11.8 Å². The number of hydrogen-bond acceptors (Lipinski definition) is 3. The van der Waals surface area contributed by atoms with Crippen molar-refractivity contribution in [1.29, 1.82) is 0 Å². The molecule has 136 valence electrons. The number of rotatable bonds is 6. The number of nitrogens with zero attached hydrogens (tertiary/aromatic N) is 2. The van der Waals surface area contributed by atoms with E-state index in [4.69, 9.17) is 4.42 Å². The van der Waals surface area contributed by atoms with Gasteiger partial charge in [0, 0.05) is 30.8 Å². The summed E-state index contributed by atoms with van der Waals surface area (Å²) in [6, 6.07) is 12.7. The van der Waals surface area contributed by atoms with Crippen LogP contribution >= 0.6 is 0 Å². The van der Waals surface area contributed by atoms with E-state index in [0.717, 1.165) is 17.0 Å². The molecule has 3 aromatic rings. The van der Waals surface area contributed by atoms with Gasteiger partial charge in [-0.05, 0) is 37.3 Å². The number of oxazole rings is 1. The molecular formula is C22H20N2O3. The Morgan fingerprint density at radius 2 is 2.00 bits per heavy atom. The second-order valence-corrected chi connectivity index (χ2v) is 6.00. The zero-order valence-electron chi connectivity index (χ0n) is 15.0. The first-order chi connectivity index (χ1) is 13.1. The summed E-state index contributed by atoms with van der Waals surface area (Å²) in [5.41, 5.74) is 1.81. The van der Waals surface area contributed by atoms with Crippen LogP contribution in [0.3, 0.4) is 0 Å². The predicted octanol–water partition coefficient (Wildman–Crippen LogP) is 4.27. The van der Waals surface area contributed by atoms with Crippen molar-refractivity contribution < 1.29 is 14.3 Å². The largest absolute Gasteiger partial charge is 0.480 e.